The van der Waals surface area contributed by atoms with Crippen molar-refractivity contribution in [2.45, 2.75) is 25.0 Å². The summed E-state index contributed by atoms with van der Waals surface area (Å²) in [6.07, 6.45) is 1.57. The number of benzene rings is 2. The first kappa shape index (κ1) is 15.0. The van der Waals surface area contributed by atoms with Gasteiger partial charge in [0, 0.05) is 18.4 Å². The predicted octanol–water partition coefficient (Wildman–Crippen LogP) is 3.25. The Hall–Kier alpha value is -2.53. The lowest BCUT2D eigenvalue weighted by Gasteiger charge is -2.17. The van der Waals surface area contributed by atoms with Crippen LogP contribution in [0.2, 0.25) is 0 Å². The molecule has 0 amide bonds. The molecule has 2 heterocycles. The predicted molar refractivity (Wildman–Crippen MR) is 89.3 cm³/mol. The molecular weight excluding hydrogens is 306 g/mol. The van der Waals surface area contributed by atoms with Gasteiger partial charge in [0.15, 0.2) is 17.1 Å². The van der Waals surface area contributed by atoms with Gasteiger partial charge in [0.1, 0.15) is 6.61 Å². The summed E-state index contributed by atoms with van der Waals surface area (Å²) in [6.45, 7) is 1.69. The molecule has 1 unspecified atom stereocenters. The highest BCUT2D eigenvalue weighted by Gasteiger charge is 2.43. The van der Waals surface area contributed by atoms with Gasteiger partial charge in [-0.15, -0.1) is 0 Å². The molecule has 0 bridgehead atoms. The summed E-state index contributed by atoms with van der Waals surface area (Å²) < 4.78 is 11.2. The molecule has 2 aromatic carbocycles. The standard InChI is InChI=1S/C19H19NO4/c21-17-7-6-15(16-11-19(24-20-16)8-9-22-13-19)10-18(17)23-12-14-4-2-1-3-5-14/h1-7,10,21H,8-9,11-13H2. The molecule has 4 rings (SSSR count). The van der Waals surface area contributed by atoms with Gasteiger partial charge in [-0.05, 0) is 23.8 Å². The van der Waals surface area contributed by atoms with Gasteiger partial charge in [0.2, 0.25) is 0 Å². The molecule has 124 valence electrons. The van der Waals surface area contributed by atoms with Crippen LogP contribution in [0.3, 0.4) is 0 Å². The Bertz CT molecular complexity index is 751. The lowest BCUT2D eigenvalue weighted by molar-refractivity contribution is -0.0237. The van der Waals surface area contributed by atoms with E-state index in [9.17, 15) is 5.11 Å². The molecular formula is C19H19NO4. The SMILES string of the molecule is Oc1ccc(C2=NOC3(CCOC3)C2)cc1OCc1ccccc1. The average molecular weight is 325 g/mol. The average Bonchev–Trinajstić information content (AvgIpc) is 3.25. The summed E-state index contributed by atoms with van der Waals surface area (Å²) in [5.41, 5.74) is 2.51. The van der Waals surface area contributed by atoms with Crippen LogP contribution >= 0.6 is 0 Å². The van der Waals surface area contributed by atoms with Crippen molar-refractivity contribution in [3.8, 4) is 11.5 Å². The summed E-state index contributed by atoms with van der Waals surface area (Å²) in [4.78, 5) is 5.63. The highest BCUT2D eigenvalue weighted by atomic mass is 16.7. The number of phenols is 1. The molecule has 2 aromatic rings. The number of hydrogen-bond donors (Lipinski definition) is 1. The van der Waals surface area contributed by atoms with Crippen LogP contribution in [0.25, 0.3) is 0 Å². The summed E-state index contributed by atoms with van der Waals surface area (Å²) in [7, 11) is 0. The maximum Gasteiger partial charge on any atom is 0.168 e. The first-order valence-electron chi connectivity index (χ1n) is 8.07. The zero-order valence-corrected chi connectivity index (χ0v) is 13.3. The monoisotopic (exact) mass is 325 g/mol. The molecule has 0 aliphatic carbocycles. The van der Waals surface area contributed by atoms with Crippen molar-refractivity contribution in [3.05, 3.63) is 59.7 Å². The third kappa shape index (κ3) is 2.95. The molecule has 1 fully saturated rings. The summed E-state index contributed by atoms with van der Waals surface area (Å²) in [5, 5.41) is 14.3. The van der Waals surface area contributed by atoms with Gasteiger partial charge in [-0.3, -0.25) is 0 Å². The fourth-order valence-electron chi connectivity index (χ4n) is 3.02. The van der Waals surface area contributed by atoms with Crippen LogP contribution in [0.4, 0.5) is 0 Å². The van der Waals surface area contributed by atoms with Crippen LogP contribution in [0.5, 0.6) is 11.5 Å². The van der Waals surface area contributed by atoms with E-state index in [0.29, 0.717) is 25.6 Å². The number of aromatic hydroxyl groups is 1. The van der Waals surface area contributed by atoms with Gasteiger partial charge < -0.3 is 19.4 Å². The van der Waals surface area contributed by atoms with E-state index in [4.69, 9.17) is 14.3 Å². The Balaban J connectivity index is 1.49. The zero-order chi connectivity index (χ0) is 16.4. The minimum Gasteiger partial charge on any atom is -0.504 e. The van der Waals surface area contributed by atoms with E-state index < -0.39 is 0 Å². The number of nitrogens with zero attached hydrogens (tertiary/aromatic N) is 1. The highest BCUT2D eigenvalue weighted by Crippen LogP contribution is 2.36. The van der Waals surface area contributed by atoms with Crippen LogP contribution in [0.15, 0.2) is 53.7 Å². The van der Waals surface area contributed by atoms with Crippen molar-refractivity contribution in [1.82, 2.24) is 0 Å². The second-order valence-electron chi connectivity index (χ2n) is 6.25. The number of hydrogen-bond acceptors (Lipinski definition) is 5. The van der Waals surface area contributed by atoms with Gasteiger partial charge in [0.05, 0.1) is 18.9 Å². The van der Waals surface area contributed by atoms with E-state index in [1.54, 1.807) is 6.07 Å². The first-order chi connectivity index (χ1) is 11.7. The Labute approximate surface area is 140 Å². The number of ether oxygens (including phenoxy) is 2. The van der Waals surface area contributed by atoms with E-state index >= 15 is 0 Å². The van der Waals surface area contributed by atoms with E-state index in [0.717, 1.165) is 29.7 Å². The molecule has 5 heteroatoms. The molecule has 24 heavy (non-hydrogen) atoms. The molecule has 1 spiro atoms. The van der Waals surface area contributed by atoms with Crippen LogP contribution < -0.4 is 4.74 Å². The largest absolute Gasteiger partial charge is 0.504 e. The fraction of sp³-hybridized carbons (Fsp3) is 0.316. The lowest BCUT2D eigenvalue weighted by atomic mass is 9.93. The molecule has 0 radical (unpaired) electrons. The van der Waals surface area contributed by atoms with Crippen molar-refractivity contribution in [2.24, 2.45) is 5.16 Å². The molecule has 0 saturated carbocycles. The molecule has 2 aliphatic rings. The lowest BCUT2D eigenvalue weighted by Crippen LogP contribution is -2.29. The number of rotatable bonds is 4. The number of phenolic OH excluding ortho intramolecular Hbond substituents is 1. The molecule has 2 aliphatic heterocycles. The van der Waals surface area contributed by atoms with E-state index in [1.807, 2.05) is 42.5 Å². The quantitative estimate of drug-likeness (QED) is 0.937. The smallest absolute Gasteiger partial charge is 0.168 e. The summed E-state index contributed by atoms with van der Waals surface area (Å²) in [5.74, 6) is 0.566. The Morgan fingerprint density at radius 3 is 2.83 bits per heavy atom. The van der Waals surface area contributed by atoms with E-state index in [-0.39, 0.29) is 11.4 Å². The fourth-order valence-corrected chi connectivity index (χ4v) is 3.02. The van der Waals surface area contributed by atoms with Gasteiger partial charge in [-0.2, -0.15) is 0 Å². The Morgan fingerprint density at radius 2 is 2.04 bits per heavy atom. The molecule has 1 atom stereocenters. The van der Waals surface area contributed by atoms with Crippen molar-refractivity contribution >= 4 is 5.71 Å². The van der Waals surface area contributed by atoms with Crippen molar-refractivity contribution < 1.29 is 19.4 Å². The molecule has 1 saturated heterocycles. The molecule has 5 nitrogen and oxygen atoms in total. The van der Waals surface area contributed by atoms with E-state index in [2.05, 4.69) is 5.16 Å². The minimum atomic E-state index is -0.307. The van der Waals surface area contributed by atoms with Crippen molar-refractivity contribution in [2.75, 3.05) is 13.2 Å². The molecule has 1 N–H and O–H groups in total. The van der Waals surface area contributed by atoms with Gasteiger partial charge in [-0.1, -0.05) is 35.5 Å². The van der Waals surface area contributed by atoms with Gasteiger partial charge >= 0.3 is 0 Å². The third-order valence-electron chi connectivity index (χ3n) is 4.44. The topological polar surface area (TPSA) is 60.3 Å². The van der Waals surface area contributed by atoms with Crippen LogP contribution in [-0.2, 0) is 16.2 Å². The number of oxime groups is 1. The zero-order valence-electron chi connectivity index (χ0n) is 13.3. The van der Waals surface area contributed by atoms with Gasteiger partial charge in [-0.25, -0.2) is 0 Å². The van der Waals surface area contributed by atoms with Crippen LogP contribution in [0, 0.1) is 0 Å². The summed E-state index contributed by atoms with van der Waals surface area (Å²) in [6, 6.07) is 15.1. The second-order valence-corrected chi connectivity index (χ2v) is 6.25. The maximum absolute atomic E-state index is 10.0. The van der Waals surface area contributed by atoms with Crippen LogP contribution in [0.1, 0.15) is 24.0 Å². The van der Waals surface area contributed by atoms with E-state index in [1.165, 1.54) is 0 Å². The third-order valence-corrected chi connectivity index (χ3v) is 4.44. The maximum atomic E-state index is 10.0. The first-order valence-corrected chi connectivity index (χ1v) is 8.07. The minimum absolute atomic E-state index is 0.119. The van der Waals surface area contributed by atoms with Gasteiger partial charge in [0.25, 0.3) is 0 Å². The molecule has 0 aromatic heterocycles. The Morgan fingerprint density at radius 1 is 1.17 bits per heavy atom. The van der Waals surface area contributed by atoms with Crippen molar-refractivity contribution in [3.63, 3.8) is 0 Å². The van der Waals surface area contributed by atoms with Crippen LogP contribution in [-0.4, -0.2) is 29.6 Å². The normalized spacial score (nSPS) is 22.4. The highest BCUT2D eigenvalue weighted by molar-refractivity contribution is 6.02. The Kier molecular flexibility index (Phi) is 3.86. The second kappa shape index (κ2) is 6.17. The summed E-state index contributed by atoms with van der Waals surface area (Å²) >= 11 is 0. The van der Waals surface area contributed by atoms with Crippen molar-refractivity contribution in [1.29, 1.82) is 0 Å².